The smallest absolute Gasteiger partial charge is 0.434 e. The number of thiophene rings is 1. The zero-order valence-electron chi connectivity index (χ0n) is 36.7. The van der Waals surface area contributed by atoms with Crippen LogP contribution in [0.4, 0.5) is 19.0 Å². The van der Waals surface area contributed by atoms with Gasteiger partial charge in [-0.2, -0.15) is 13.2 Å². The van der Waals surface area contributed by atoms with Gasteiger partial charge in [0.2, 0.25) is 0 Å². The van der Waals surface area contributed by atoms with Crippen molar-refractivity contribution in [3.63, 3.8) is 0 Å². The number of alkyl halides is 3. The number of aryl methyl sites for hydroxylation is 2. The lowest BCUT2D eigenvalue weighted by Crippen LogP contribution is -2.16. The predicted molar refractivity (Wildman–Crippen MR) is 247 cm³/mol. The molecule has 344 valence electrons. The molecule has 17 heteroatoms. The first kappa shape index (κ1) is 46.7. The van der Waals surface area contributed by atoms with Gasteiger partial charge >= 0.3 is 6.18 Å². The molecule has 0 radical (unpaired) electrons. The van der Waals surface area contributed by atoms with Gasteiger partial charge in [-0.25, -0.2) is 4.98 Å². The van der Waals surface area contributed by atoms with Crippen molar-refractivity contribution < 1.29 is 41.7 Å². The number of carbonyl (C=O) groups excluding carboxylic acids is 2. The summed E-state index contributed by atoms with van der Waals surface area (Å²) in [6, 6.07) is 22.4. The third kappa shape index (κ3) is 11.1. The Balaban J connectivity index is 0.717. The van der Waals surface area contributed by atoms with E-state index in [1.165, 1.54) is 17.0 Å². The molecular weight excluding hydrogens is 893 g/mol. The van der Waals surface area contributed by atoms with Crippen molar-refractivity contribution in [2.75, 3.05) is 58.1 Å². The number of ether oxygens (including phenoxy) is 4. The topological polar surface area (TPSA) is 139 Å². The molecule has 1 atom stereocenters. The Hall–Kier alpha value is -5.78. The van der Waals surface area contributed by atoms with E-state index < -0.39 is 17.9 Å². The van der Waals surface area contributed by atoms with E-state index in [1.54, 1.807) is 29.5 Å². The highest BCUT2D eigenvalue weighted by atomic mass is 35.5. The minimum atomic E-state index is -4.66. The maximum Gasteiger partial charge on any atom is 0.434 e. The first-order valence-corrected chi connectivity index (χ1v) is 22.8. The van der Waals surface area contributed by atoms with Crippen molar-refractivity contribution in [1.82, 2.24) is 19.7 Å². The number of hydrogen-bond acceptors (Lipinski definition) is 12. The van der Waals surface area contributed by atoms with Crippen molar-refractivity contribution in [1.29, 1.82) is 0 Å². The normalized spacial score (nSPS) is 14.4. The summed E-state index contributed by atoms with van der Waals surface area (Å²) in [5.41, 5.74) is 5.68. The highest BCUT2D eigenvalue weighted by Gasteiger charge is 2.37. The van der Waals surface area contributed by atoms with Gasteiger partial charge in [-0.15, -0.1) is 21.5 Å². The molecule has 4 heterocycles. The average Bonchev–Trinajstić information content (AvgIpc) is 3.93. The Morgan fingerprint density at radius 2 is 1.52 bits per heavy atom. The number of nitrogens with one attached hydrogen (secondary N) is 1. The quantitative estimate of drug-likeness (QED) is 0.0738. The number of hydrogen-bond donors (Lipinski definition) is 1. The third-order valence-corrected chi connectivity index (χ3v) is 12.8. The third-order valence-electron chi connectivity index (χ3n) is 11.4. The minimum Gasteiger partial charge on any atom is -0.491 e. The number of nitrogens with zero attached hydrogens (tertiary/aromatic N) is 5. The first-order chi connectivity index (χ1) is 31.8. The van der Waals surface area contributed by atoms with Crippen LogP contribution in [-0.2, 0) is 49.2 Å². The summed E-state index contributed by atoms with van der Waals surface area (Å²) in [4.78, 5) is 35.7. The summed E-state index contributed by atoms with van der Waals surface area (Å²) in [6.45, 7) is 8.59. The molecule has 0 saturated carbocycles. The Kier molecular flexibility index (Phi) is 14.7. The molecule has 1 aliphatic carbocycles. The van der Waals surface area contributed by atoms with E-state index >= 15 is 0 Å². The number of halogens is 4. The Labute approximate surface area is 389 Å². The zero-order chi connectivity index (χ0) is 46.4. The molecule has 6 aromatic rings. The number of fused-ring (bicyclic) bond motifs is 4. The molecule has 66 heavy (non-hydrogen) atoms. The van der Waals surface area contributed by atoms with Gasteiger partial charge < -0.3 is 24.3 Å². The summed E-state index contributed by atoms with van der Waals surface area (Å²) in [6.07, 6.45) is -3.74. The first-order valence-electron chi connectivity index (χ1n) is 21.6. The SMILES string of the molecule is Cc1sc2c(c1C)C(c1ccc(Cl)cc1)=N[C@@H](CC(=O)Cc1ccc(OCCOCCOCCOCCNc3ccc(-c4ccc5c(c4)CC(=O)C5)c(C(F)(F)F)n3)cc1)c1nnc(C)n1-2. The van der Waals surface area contributed by atoms with Crippen LogP contribution in [0.1, 0.15) is 68.1 Å². The molecule has 2 aliphatic rings. The molecule has 0 fully saturated rings. The van der Waals surface area contributed by atoms with Crippen LogP contribution in [0.5, 0.6) is 5.75 Å². The summed E-state index contributed by atoms with van der Waals surface area (Å²) in [5, 5.41) is 13.4. The lowest BCUT2D eigenvalue weighted by atomic mass is 9.99. The second-order valence-electron chi connectivity index (χ2n) is 16.0. The predicted octanol–water partition coefficient (Wildman–Crippen LogP) is 9.29. The molecule has 0 spiro atoms. The maximum absolute atomic E-state index is 14.0. The second kappa shape index (κ2) is 20.8. The summed E-state index contributed by atoms with van der Waals surface area (Å²) in [7, 11) is 0. The highest BCUT2D eigenvalue weighted by molar-refractivity contribution is 7.15. The molecule has 0 amide bonds. The fourth-order valence-corrected chi connectivity index (χ4v) is 9.33. The van der Waals surface area contributed by atoms with Crippen LogP contribution in [0.3, 0.4) is 0 Å². The standard InChI is InChI=1S/C49H48ClF3N6O6S/c1-29-30(2)66-48-44(29)45(33-8-10-37(50)11-9-33)55-42(47-58-57-31(3)59(47)48)28-38(60)24-32-4-12-40(13-5-32)65-23-22-64-21-20-63-19-18-62-17-16-54-43-15-14-41(46(56-43)49(51,52)53)35-7-6-34-26-39(61)27-36(34)25-35/h4-15,25,42H,16-24,26-28H2,1-3H3,(H,54,56)/t42-/m0/s1. The number of carbonyl (C=O) groups is 2. The number of Topliss-reactive ketones (excluding diaryl/α,β-unsaturated/α-hetero) is 2. The van der Waals surface area contributed by atoms with Gasteiger partial charge in [0.05, 0.1) is 45.4 Å². The van der Waals surface area contributed by atoms with Gasteiger partial charge in [-0.3, -0.25) is 19.1 Å². The van der Waals surface area contributed by atoms with Crippen LogP contribution >= 0.6 is 22.9 Å². The lowest BCUT2D eigenvalue weighted by molar-refractivity contribution is -0.140. The molecule has 0 saturated heterocycles. The van der Waals surface area contributed by atoms with Crippen LogP contribution in [0.25, 0.3) is 16.1 Å². The number of ketones is 2. The number of rotatable bonds is 20. The fourth-order valence-electron chi connectivity index (χ4n) is 7.99. The Bertz CT molecular complexity index is 2740. The second-order valence-corrected chi connectivity index (χ2v) is 17.7. The van der Waals surface area contributed by atoms with E-state index in [9.17, 15) is 22.8 Å². The molecule has 3 aromatic heterocycles. The van der Waals surface area contributed by atoms with Crippen LogP contribution < -0.4 is 10.1 Å². The van der Waals surface area contributed by atoms with Crippen LogP contribution in [0, 0.1) is 20.8 Å². The summed E-state index contributed by atoms with van der Waals surface area (Å²) >= 11 is 7.91. The molecule has 0 unspecified atom stereocenters. The molecule has 1 N–H and O–H groups in total. The van der Waals surface area contributed by atoms with Crippen molar-refractivity contribution in [3.05, 3.63) is 139 Å². The molecule has 12 nitrogen and oxygen atoms in total. The highest BCUT2D eigenvalue weighted by Crippen LogP contribution is 2.41. The Morgan fingerprint density at radius 1 is 0.833 bits per heavy atom. The lowest BCUT2D eigenvalue weighted by Gasteiger charge is -2.15. The molecule has 0 bridgehead atoms. The van der Waals surface area contributed by atoms with Crippen molar-refractivity contribution in [2.45, 2.75) is 58.7 Å². The summed E-state index contributed by atoms with van der Waals surface area (Å²) in [5.74, 6) is 2.19. The van der Waals surface area contributed by atoms with E-state index in [4.69, 9.17) is 35.5 Å². The average molecular weight is 941 g/mol. The number of aromatic nitrogens is 4. The van der Waals surface area contributed by atoms with E-state index in [2.05, 4.69) is 34.3 Å². The van der Waals surface area contributed by atoms with E-state index in [-0.39, 0.29) is 55.4 Å². The van der Waals surface area contributed by atoms with Gasteiger partial charge in [0.25, 0.3) is 0 Å². The number of pyridine rings is 1. The van der Waals surface area contributed by atoms with Gasteiger partial charge in [0.15, 0.2) is 11.5 Å². The largest absolute Gasteiger partial charge is 0.491 e. The van der Waals surface area contributed by atoms with Crippen molar-refractivity contribution >= 4 is 46.0 Å². The number of benzene rings is 3. The number of anilines is 1. The Morgan fingerprint density at radius 3 is 2.24 bits per heavy atom. The molecular formula is C49H48ClF3N6O6S. The van der Waals surface area contributed by atoms with Gasteiger partial charge in [-0.05, 0) is 85.0 Å². The molecule has 3 aromatic carbocycles. The van der Waals surface area contributed by atoms with E-state index in [0.717, 1.165) is 49.9 Å². The van der Waals surface area contributed by atoms with Gasteiger partial charge in [-0.1, -0.05) is 54.1 Å². The molecule has 8 rings (SSSR count). The zero-order valence-corrected chi connectivity index (χ0v) is 38.2. The van der Waals surface area contributed by atoms with Crippen molar-refractivity contribution in [3.8, 4) is 21.9 Å². The van der Waals surface area contributed by atoms with Crippen molar-refractivity contribution in [2.24, 2.45) is 4.99 Å². The number of aliphatic imine (C=N–C) groups is 1. The minimum absolute atomic E-state index is 0.0200. The summed E-state index contributed by atoms with van der Waals surface area (Å²) < 4.78 is 66.6. The van der Waals surface area contributed by atoms with Gasteiger partial charge in [0.1, 0.15) is 46.6 Å². The maximum atomic E-state index is 14.0. The van der Waals surface area contributed by atoms with E-state index in [0.29, 0.717) is 68.2 Å². The van der Waals surface area contributed by atoms with Crippen LogP contribution in [-0.4, -0.2) is 89.8 Å². The van der Waals surface area contributed by atoms with Crippen LogP contribution in [0.2, 0.25) is 5.02 Å². The molecule has 1 aliphatic heterocycles. The fraction of sp³-hybridized carbons (Fsp3) is 0.347. The van der Waals surface area contributed by atoms with Gasteiger partial charge in [0, 0.05) is 58.8 Å². The van der Waals surface area contributed by atoms with E-state index in [1.807, 2.05) is 60.0 Å². The monoisotopic (exact) mass is 940 g/mol. The van der Waals surface area contributed by atoms with Crippen LogP contribution in [0.15, 0.2) is 83.9 Å².